The molecule has 1 heteroatoms. The zero-order valence-electron chi connectivity index (χ0n) is 12.8. The van der Waals surface area contributed by atoms with Gasteiger partial charge in [-0.25, -0.2) is 0 Å². The van der Waals surface area contributed by atoms with Gasteiger partial charge < -0.3 is 4.79 Å². The van der Waals surface area contributed by atoms with Gasteiger partial charge in [0, 0.05) is 5.41 Å². The van der Waals surface area contributed by atoms with Crippen LogP contribution in [0.2, 0.25) is 0 Å². The van der Waals surface area contributed by atoms with Crippen LogP contribution in [0.1, 0.15) is 62.3 Å². The third-order valence-corrected chi connectivity index (χ3v) is 4.64. The summed E-state index contributed by atoms with van der Waals surface area (Å²) in [5.74, 6) is 0.733. The molecule has 2 rings (SSSR count). The summed E-state index contributed by atoms with van der Waals surface area (Å²) in [5.41, 5.74) is 5.42. The summed E-state index contributed by atoms with van der Waals surface area (Å²) in [6.45, 7) is 8.86. The molecular weight excluding hydrogens is 232 g/mol. The Bertz CT molecular complexity index is 473. The van der Waals surface area contributed by atoms with Crippen LogP contribution in [0.25, 0.3) is 0 Å². The lowest BCUT2D eigenvalue weighted by molar-refractivity contribution is -0.112. The zero-order valence-corrected chi connectivity index (χ0v) is 12.8. The third kappa shape index (κ3) is 2.75. The predicted molar refractivity (Wildman–Crippen MR) is 80.7 cm³/mol. The molecule has 0 saturated carbocycles. The first-order chi connectivity index (χ1) is 8.98. The summed E-state index contributed by atoms with van der Waals surface area (Å²) in [7, 11) is 0. The lowest BCUT2D eigenvalue weighted by Crippen LogP contribution is -2.30. The fourth-order valence-corrected chi connectivity index (χ4v) is 3.30. The molecule has 0 amide bonds. The Kier molecular flexibility index (Phi) is 4.13. The van der Waals surface area contributed by atoms with Crippen molar-refractivity contribution in [2.24, 2.45) is 5.92 Å². The average molecular weight is 258 g/mol. The summed E-state index contributed by atoms with van der Waals surface area (Å²) >= 11 is 0. The number of benzene rings is 1. The van der Waals surface area contributed by atoms with E-state index in [4.69, 9.17) is 0 Å². The molecule has 1 nitrogen and oxygen atoms in total. The number of carbonyl (C=O) groups is 1. The van der Waals surface area contributed by atoms with E-state index in [1.54, 1.807) is 0 Å². The van der Waals surface area contributed by atoms with Crippen LogP contribution in [0, 0.1) is 12.8 Å². The summed E-state index contributed by atoms with van der Waals surface area (Å²) in [5, 5.41) is 0. The van der Waals surface area contributed by atoms with E-state index in [-0.39, 0.29) is 5.41 Å². The second kappa shape index (κ2) is 5.48. The maximum absolute atomic E-state index is 11.5. The van der Waals surface area contributed by atoms with Crippen molar-refractivity contribution in [3.8, 4) is 0 Å². The van der Waals surface area contributed by atoms with Gasteiger partial charge in [0.15, 0.2) is 0 Å². The number of hydrogen-bond donors (Lipinski definition) is 0. The SMILES string of the molecule is Cc1ccc2c(c1CCC(C)C)CCC[C@@]2(C)C=O. The highest BCUT2D eigenvalue weighted by atomic mass is 16.1. The Hall–Kier alpha value is -1.11. The quantitative estimate of drug-likeness (QED) is 0.733. The van der Waals surface area contributed by atoms with Gasteiger partial charge in [-0.1, -0.05) is 26.0 Å². The predicted octanol–water partition coefficient (Wildman–Crippen LogP) is 4.38. The first-order valence-electron chi connectivity index (χ1n) is 7.56. The second-order valence-corrected chi connectivity index (χ2v) is 6.71. The van der Waals surface area contributed by atoms with E-state index in [0.29, 0.717) is 0 Å². The minimum atomic E-state index is -0.256. The van der Waals surface area contributed by atoms with E-state index in [1.807, 2.05) is 0 Å². The van der Waals surface area contributed by atoms with Crippen molar-refractivity contribution in [3.63, 3.8) is 0 Å². The maximum atomic E-state index is 11.5. The molecule has 0 spiro atoms. The summed E-state index contributed by atoms with van der Waals surface area (Å²) in [6, 6.07) is 4.40. The highest BCUT2D eigenvalue weighted by molar-refractivity contribution is 5.70. The van der Waals surface area contributed by atoms with Crippen LogP contribution in [0.3, 0.4) is 0 Å². The van der Waals surface area contributed by atoms with Crippen molar-refractivity contribution < 1.29 is 4.79 Å². The van der Waals surface area contributed by atoms with Gasteiger partial charge >= 0.3 is 0 Å². The van der Waals surface area contributed by atoms with Gasteiger partial charge in [0.2, 0.25) is 0 Å². The molecule has 19 heavy (non-hydrogen) atoms. The van der Waals surface area contributed by atoms with Crippen LogP contribution in [0.4, 0.5) is 0 Å². The maximum Gasteiger partial charge on any atom is 0.130 e. The molecule has 0 radical (unpaired) electrons. The summed E-state index contributed by atoms with van der Waals surface area (Å²) in [6.07, 6.45) is 6.83. The Labute approximate surface area is 117 Å². The van der Waals surface area contributed by atoms with Crippen LogP contribution in [0.5, 0.6) is 0 Å². The van der Waals surface area contributed by atoms with Gasteiger partial charge in [-0.2, -0.15) is 0 Å². The highest BCUT2D eigenvalue weighted by Gasteiger charge is 2.32. The van der Waals surface area contributed by atoms with Crippen molar-refractivity contribution in [2.45, 2.75) is 65.2 Å². The minimum Gasteiger partial charge on any atom is -0.302 e. The van der Waals surface area contributed by atoms with E-state index in [9.17, 15) is 4.79 Å². The summed E-state index contributed by atoms with van der Waals surface area (Å²) < 4.78 is 0. The smallest absolute Gasteiger partial charge is 0.130 e. The first-order valence-corrected chi connectivity index (χ1v) is 7.56. The van der Waals surface area contributed by atoms with Crippen molar-refractivity contribution in [1.29, 1.82) is 0 Å². The number of aldehydes is 1. The molecule has 0 saturated heterocycles. The van der Waals surface area contributed by atoms with Gasteiger partial charge in [-0.05, 0) is 74.1 Å². The monoisotopic (exact) mass is 258 g/mol. The molecule has 1 aromatic carbocycles. The highest BCUT2D eigenvalue weighted by Crippen LogP contribution is 2.38. The normalized spacial score (nSPS) is 22.4. The van der Waals surface area contributed by atoms with E-state index in [1.165, 1.54) is 28.7 Å². The van der Waals surface area contributed by atoms with E-state index >= 15 is 0 Å². The van der Waals surface area contributed by atoms with Crippen molar-refractivity contribution in [2.75, 3.05) is 0 Å². The zero-order chi connectivity index (χ0) is 14.0. The number of fused-ring (bicyclic) bond motifs is 1. The summed E-state index contributed by atoms with van der Waals surface area (Å²) in [4.78, 5) is 11.5. The standard InChI is InChI=1S/C18H26O/c1-13(2)7-9-15-14(3)8-10-17-16(15)6-5-11-18(17,4)12-19/h8,10,12-13H,5-7,9,11H2,1-4H3/t18-/m0/s1. The molecule has 104 valence electrons. The number of hydrogen-bond acceptors (Lipinski definition) is 1. The number of carbonyl (C=O) groups excluding carboxylic acids is 1. The minimum absolute atomic E-state index is 0.256. The molecular formula is C18H26O. The van der Waals surface area contributed by atoms with Crippen LogP contribution in [-0.4, -0.2) is 6.29 Å². The molecule has 0 N–H and O–H groups in total. The van der Waals surface area contributed by atoms with Gasteiger partial charge in [0.1, 0.15) is 6.29 Å². The van der Waals surface area contributed by atoms with E-state index in [0.717, 1.165) is 37.9 Å². The van der Waals surface area contributed by atoms with E-state index in [2.05, 4.69) is 39.8 Å². The lowest BCUT2D eigenvalue weighted by Gasteiger charge is -2.33. The van der Waals surface area contributed by atoms with Crippen LogP contribution < -0.4 is 0 Å². The molecule has 0 heterocycles. The average Bonchev–Trinajstić information content (AvgIpc) is 2.37. The molecule has 0 aliphatic heterocycles. The molecule has 0 unspecified atom stereocenters. The van der Waals surface area contributed by atoms with Gasteiger partial charge in [-0.3, -0.25) is 0 Å². The molecule has 1 atom stereocenters. The van der Waals surface area contributed by atoms with Crippen LogP contribution in [0.15, 0.2) is 12.1 Å². The Morgan fingerprint density at radius 1 is 1.37 bits per heavy atom. The van der Waals surface area contributed by atoms with Gasteiger partial charge in [-0.15, -0.1) is 0 Å². The largest absolute Gasteiger partial charge is 0.302 e. The topological polar surface area (TPSA) is 17.1 Å². The Balaban J connectivity index is 2.44. The fourth-order valence-electron chi connectivity index (χ4n) is 3.30. The van der Waals surface area contributed by atoms with Crippen LogP contribution >= 0.6 is 0 Å². The molecule has 1 aromatic rings. The number of aryl methyl sites for hydroxylation is 1. The first kappa shape index (κ1) is 14.3. The van der Waals surface area contributed by atoms with Crippen LogP contribution in [-0.2, 0) is 23.1 Å². The second-order valence-electron chi connectivity index (χ2n) is 6.71. The van der Waals surface area contributed by atoms with Gasteiger partial charge in [0.05, 0.1) is 0 Å². The Morgan fingerprint density at radius 3 is 2.74 bits per heavy atom. The fraction of sp³-hybridized carbons (Fsp3) is 0.611. The van der Waals surface area contributed by atoms with Crippen molar-refractivity contribution in [1.82, 2.24) is 0 Å². The molecule has 0 bridgehead atoms. The molecule has 0 aromatic heterocycles. The molecule has 1 aliphatic rings. The van der Waals surface area contributed by atoms with Crippen molar-refractivity contribution >= 4 is 6.29 Å². The van der Waals surface area contributed by atoms with Crippen molar-refractivity contribution in [3.05, 3.63) is 34.4 Å². The molecule has 0 fully saturated rings. The molecule has 1 aliphatic carbocycles. The Morgan fingerprint density at radius 2 is 2.11 bits per heavy atom. The van der Waals surface area contributed by atoms with E-state index < -0.39 is 0 Å². The van der Waals surface area contributed by atoms with Gasteiger partial charge in [0.25, 0.3) is 0 Å². The third-order valence-electron chi connectivity index (χ3n) is 4.64. The number of rotatable bonds is 4. The lowest BCUT2D eigenvalue weighted by atomic mass is 9.70.